The standard InChI is InChI=1S/C26H27F9O5S3/c27-23(28,25(31,32)33)24(29,30)26(34,35)43(38,39)40-41(11-1-2-12-41)20-9-7-19-15-21(10-8-18(19)14-20)42(36,37)22-13-16-3-5-17(22)6-4-16/h7-10,14-17,22H,1-6,11-13H2. The highest BCUT2D eigenvalue weighted by molar-refractivity contribution is 8.33. The first-order valence-electron chi connectivity index (χ1n) is 13.4. The topological polar surface area (TPSA) is 77.5 Å². The number of hydrogen-bond donors (Lipinski definition) is 0. The van der Waals surface area contributed by atoms with Gasteiger partial charge in [-0.2, -0.15) is 47.9 Å². The molecule has 17 heteroatoms. The molecule has 242 valence electrons. The van der Waals surface area contributed by atoms with Crippen molar-refractivity contribution < 1.29 is 60.0 Å². The summed E-state index contributed by atoms with van der Waals surface area (Å²) in [4.78, 5) is 0.0162. The van der Waals surface area contributed by atoms with Crippen molar-refractivity contribution in [2.75, 3.05) is 11.5 Å². The maximum Gasteiger partial charge on any atom is 0.460 e. The molecule has 3 aliphatic carbocycles. The van der Waals surface area contributed by atoms with Crippen LogP contribution in [-0.2, 0) is 23.6 Å². The van der Waals surface area contributed by atoms with E-state index in [0.29, 0.717) is 23.1 Å². The molecule has 0 radical (unpaired) electrons. The molecule has 3 saturated carbocycles. The lowest BCUT2D eigenvalue weighted by Crippen LogP contribution is -2.63. The molecule has 2 aromatic carbocycles. The Hall–Kier alpha value is -1.72. The molecule has 1 saturated heterocycles. The lowest BCUT2D eigenvalue weighted by atomic mass is 9.70. The van der Waals surface area contributed by atoms with E-state index in [4.69, 9.17) is 0 Å². The number of fused-ring (bicyclic) bond motifs is 4. The van der Waals surface area contributed by atoms with E-state index in [1.165, 1.54) is 36.4 Å². The zero-order valence-corrected chi connectivity index (χ0v) is 24.7. The van der Waals surface area contributed by atoms with E-state index in [1.807, 2.05) is 0 Å². The van der Waals surface area contributed by atoms with Gasteiger partial charge in [-0.05, 0) is 79.0 Å². The Morgan fingerprint density at radius 3 is 1.81 bits per heavy atom. The fourth-order valence-corrected chi connectivity index (χ4v) is 14.2. The van der Waals surface area contributed by atoms with Crippen molar-refractivity contribution in [3.8, 4) is 0 Å². The molecule has 2 bridgehead atoms. The molecule has 0 spiro atoms. The highest BCUT2D eigenvalue weighted by Gasteiger charge is 2.86. The summed E-state index contributed by atoms with van der Waals surface area (Å²) in [6.07, 6.45) is -2.62. The third kappa shape index (κ3) is 5.13. The Balaban J connectivity index is 1.47. The van der Waals surface area contributed by atoms with E-state index in [2.05, 4.69) is 3.63 Å². The fraction of sp³-hybridized carbons (Fsp3) is 0.615. The molecule has 1 aliphatic heterocycles. The molecule has 0 N–H and O–H groups in total. The Labute approximate surface area is 243 Å². The predicted octanol–water partition coefficient (Wildman–Crippen LogP) is 7.84. The van der Waals surface area contributed by atoms with Crippen molar-refractivity contribution >= 4 is 41.0 Å². The third-order valence-electron chi connectivity index (χ3n) is 8.77. The minimum atomic E-state index is -7.39. The molecule has 0 amide bonds. The number of alkyl halides is 9. The van der Waals surface area contributed by atoms with Gasteiger partial charge < -0.3 is 0 Å². The second kappa shape index (κ2) is 10.4. The molecule has 43 heavy (non-hydrogen) atoms. The maximum absolute atomic E-state index is 14.5. The quantitative estimate of drug-likeness (QED) is 0.265. The Bertz CT molecular complexity index is 1610. The number of rotatable bonds is 8. The normalized spacial score (nSPS) is 26.1. The Morgan fingerprint density at radius 2 is 1.28 bits per heavy atom. The molecule has 4 aliphatic rings. The van der Waals surface area contributed by atoms with Gasteiger partial charge in [-0.15, -0.1) is 0 Å². The summed E-state index contributed by atoms with van der Waals surface area (Å²) in [7, 11) is -14.2. The average Bonchev–Trinajstić information content (AvgIpc) is 3.41. The van der Waals surface area contributed by atoms with Crippen molar-refractivity contribution in [1.29, 1.82) is 0 Å². The molecule has 1 heterocycles. The number of benzene rings is 2. The van der Waals surface area contributed by atoms with Gasteiger partial charge in [-0.25, -0.2) is 12.0 Å². The van der Waals surface area contributed by atoms with E-state index < -0.39 is 58.8 Å². The molecule has 6 rings (SSSR count). The zero-order valence-electron chi connectivity index (χ0n) is 22.2. The highest BCUT2D eigenvalue weighted by Crippen LogP contribution is 2.65. The Morgan fingerprint density at radius 1 is 0.721 bits per heavy atom. The van der Waals surface area contributed by atoms with Crippen molar-refractivity contribution in [3.63, 3.8) is 0 Å². The predicted molar refractivity (Wildman–Crippen MR) is 141 cm³/mol. The van der Waals surface area contributed by atoms with Gasteiger partial charge in [0.25, 0.3) is 0 Å². The molecule has 1 atom stereocenters. The second-order valence-electron chi connectivity index (χ2n) is 11.4. The monoisotopic (exact) mass is 686 g/mol. The van der Waals surface area contributed by atoms with Crippen LogP contribution in [0.2, 0.25) is 0 Å². The van der Waals surface area contributed by atoms with Gasteiger partial charge in [0.05, 0.1) is 10.1 Å². The third-order valence-corrected chi connectivity index (χ3v) is 16.7. The van der Waals surface area contributed by atoms with Crippen molar-refractivity contribution in [2.24, 2.45) is 11.8 Å². The minimum Gasteiger partial charge on any atom is -0.223 e. The first kappa shape index (κ1) is 32.7. The average molecular weight is 687 g/mol. The van der Waals surface area contributed by atoms with Crippen LogP contribution >= 0.6 is 10.3 Å². The second-order valence-corrected chi connectivity index (χ2v) is 18.4. The summed E-state index contributed by atoms with van der Waals surface area (Å²) in [6, 6.07) is 8.08. The van der Waals surface area contributed by atoms with Gasteiger partial charge in [0.15, 0.2) is 9.84 Å². The lowest BCUT2D eigenvalue weighted by molar-refractivity contribution is -0.382. The summed E-state index contributed by atoms with van der Waals surface area (Å²) in [5, 5.41) is -6.77. The van der Waals surface area contributed by atoms with Crippen LogP contribution in [0.15, 0.2) is 46.2 Å². The molecule has 1 unspecified atom stereocenters. The van der Waals surface area contributed by atoms with Crippen LogP contribution in [0, 0.1) is 11.8 Å². The SMILES string of the molecule is O=S(=O)(c1ccc2cc(S3(OS(=O)(=O)C(F)(F)C(F)(F)C(F)(F)C(F)(F)F)CCCC3)ccc2c1)C1CC2CCC1CC2. The van der Waals surface area contributed by atoms with Gasteiger partial charge in [0.2, 0.25) is 0 Å². The van der Waals surface area contributed by atoms with Crippen LogP contribution in [0.1, 0.15) is 44.9 Å². The Kier molecular flexibility index (Phi) is 7.91. The first-order chi connectivity index (χ1) is 19.7. The molecule has 2 aromatic rings. The minimum absolute atomic E-state index is 0.0528. The van der Waals surface area contributed by atoms with Gasteiger partial charge in [-0.1, -0.05) is 35.3 Å². The van der Waals surface area contributed by atoms with E-state index >= 15 is 0 Å². The summed E-state index contributed by atoms with van der Waals surface area (Å²) >= 11 is 0. The maximum atomic E-state index is 14.5. The van der Waals surface area contributed by atoms with Gasteiger partial charge in [-0.3, -0.25) is 0 Å². The van der Waals surface area contributed by atoms with E-state index in [1.54, 1.807) is 0 Å². The summed E-state index contributed by atoms with van der Waals surface area (Å²) in [5.74, 6) is -14.9. The lowest BCUT2D eigenvalue weighted by Gasteiger charge is -2.41. The van der Waals surface area contributed by atoms with Crippen LogP contribution in [-0.4, -0.2) is 56.9 Å². The first-order valence-corrected chi connectivity index (χ1v) is 18.2. The van der Waals surface area contributed by atoms with Crippen LogP contribution in [0.5, 0.6) is 0 Å². The molecular weight excluding hydrogens is 659 g/mol. The summed E-state index contributed by atoms with van der Waals surface area (Å²) < 4.78 is 178. The van der Waals surface area contributed by atoms with Crippen molar-refractivity contribution in [3.05, 3.63) is 36.4 Å². The summed E-state index contributed by atoms with van der Waals surface area (Å²) in [6.45, 7) is 0. The van der Waals surface area contributed by atoms with E-state index in [0.717, 1.165) is 25.7 Å². The van der Waals surface area contributed by atoms with Crippen LogP contribution in [0.3, 0.4) is 0 Å². The number of halogens is 9. The fourth-order valence-electron chi connectivity index (χ4n) is 6.33. The van der Waals surface area contributed by atoms with Crippen molar-refractivity contribution in [1.82, 2.24) is 0 Å². The van der Waals surface area contributed by atoms with Crippen LogP contribution in [0.4, 0.5) is 39.5 Å². The summed E-state index contributed by atoms with van der Waals surface area (Å²) in [5.41, 5.74) is 0. The molecule has 0 aromatic heterocycles. The van der Waals surface area contributed by atoms with Gasteiger partial charge in [0.1, 0.15) is 0 Å². The van der Waals surface area contributed by atoms with E-state index in [9.17, 15) is 56.3 Å². The number of sulfone groups is 1. The van der Waals surface area contributed by atoms with Crippen LogP contribution in [0.25, 0.3) is 10.8 Å². The molecule has 5 nitrogen and oxygen atoms in total. The zero-order chi connectivity index (χ0) is 31.9. The smallest absolute Gasteiger partial charge is 0.223 e. The molecule has 4 fully saturated rings. The van der Waals surface area contributed by atoms with Crippen LogP contribution < -0.4 is 0 Å². The highest BCUT2D eigenvalue weighted by atomic mass is 32.3. The van der Waals surface area contributed by atoms with Crippen molar-refractivity contribution in [2.45, 2.75) is 83.3 Å². The molecular formula is C26H27F9O5S3. The van der Waals surface area contributed by atoms with Gasteiger partial charge in [0, 0.05) is 16.4 Å². The van der Waals surface area contributed by atoms with E-state index in [-0.39, 0.29) is 40.1 Å². The largest absolute Gasteiger partial charge is 0.460 e. The number of hydrogen-bond acceptors (Lipinski definition) is 5. The van der Waals surface area contributed by atoms with Gasteiger partial charge >= 0.3 is 33.4 Å².